The fourth-order valence-corrected chi connectivity index (χ4v) is 3.77. The molecule has 2 aliphatic carbocycles. The molecule has 1 saturated heterocycles. The highest BCUT2D eigenvalue weighted by molar-refractivity contribution is 5.92. The first-order valence-corrected chi connectivity index (χ1v) is 7.00. The summed E-state index contributed by atoms with van der Waals surface area (Å²) in [5.41, 5.74) is 0. The van der Waals surface area contributed by atoms with Crippen LogP contribution in [0.4, 0.5) is 0 Å². The van der Waals surface area contributed by atoms with Crippen LogP contribution in [0.3, 0.4) is 0 Å². The monoisotopic (exact) mass is 278 g/mol. The maximum absolute atomic E-state index is 12.7. The van der Waals surface area contributed by atoms with Gasteiger partial charge < -0.3 is 15.3 Å². The van der Waals surface area contributed by atoms with Gasteiger partial charge in [-0.05, 0) is 25.2 Å². The fraction of sp³-hybridized carbons (Fsp3) is 0.643. The van der Waals surface area contributed by atoms with E-state index in [2.05, 4.69) is 5.32 Å². The number of carboxylic acid groups (broad SMARTS) is 1. The summed E-state index contributed by atoms with van der Waals surface area (Å²) in [4.78, 5) is 37.4. The Bertz CT molecular complexity index is 501. The van der Waals surface area contributed by atoms with Crippen LogP contribution in [0.2, 0.25) is 0 Å². The predicted molar refractivity (Wildman–Crippen MR) is 69.5 cm³/mol. The first kappa shape index (κ1) is 13.1. The van der Waals surface area contributed by atoms with E-state index in [1.807, 2.05) is 12.2 Å². The van der Waals surface area contributed by atoms with Crippen molar-refractivity contribution in [3.8, 4) is 0 Å². The highest BCUT2D eigenvalue weighted by atomic mass is 16.4. The molecule has 0 spiro atoms. The van der Waals surface area contributed by atoms with Crippen LogP contribution in [0, 0.1) is 23.7 Å². The van der Waals surface area contributed by atoms with Crippen molar-refractivity contribution in [2.45, 2.75) is 19.4 Å². The van der Waals surface area contributed by atoms with Crippen molar-refractivity contribution in [1.82, 2.24) is 10.2 Å². The summed E-state index contributed by atoms with van der Waals surface area (Å²) in [6, 6.07) is -0.520. The van der Waals surface area contributed by atoms with Crippen molar-refractivity contribution in [2.24, 2.45) is 23.7 Å². The highest BCUT2D eigenvalue weighted by Crippen LogP contribution is 2.48. The van der Waals surface area contributed by atoms with Gasteiger partial charge in [-0.3, -0.25) is 14.4 Å². The largest absolute Gasteiger partial charge is 0.481 e. The van der Waals surface area contributed by atoms with Crippen LogP contribution in [-0.2, 0) is 14.4 Å². The second-order valence-corrected chi connectivity index (χ2v) is 5.84. The Morgan fingerprint density at radius 3 is 2.60 bits per heavy atom. The molecule has 1 heterocycles. The number of hydrogen-bond acceptors (Lipinski definition) is 3. The highest BCUT2D eigenvalue weighted by Gasteiger charge is 2.53. The second kappa shape index (κ2) is 4.61. The Morgan fingerprint density at radius 1 is 1.30 bits per heavy atom. The molecule has 0 aromatic rings. The average Bonchev–Trinajstić information content (AvgIpc) is 3.01. The number of nitrogens with one attached hydrogen (secondary N) is 1. The molecular formula is C14H18N2O4. The van der Waals surface area contributed by atoms with Gasteiger partial charge in [0.15, 0.2) is 0 Å². The smallest absolute Gasteiger partial charge is 0.307 e. The van der Waals surface area contributed by atoms with Crippen molar-refractivity contribution in [3.05, 3.63) is 12.2 Å². The lowest BCUT2D eigenvalue weighted by atomic mass is 9.81. The molecule has 1 aliphatic heterocycles. The van der Waals surface area contributed by atoms with Crippen LogP contribution in [0.15, 0.2) is 12.2 Å². The van der Waals surface area contributed by atoms with Crippen molar-refractivity contribution < 1.29 is 19.5 Å². The van der Waals surface area contributed by atoms with Gasteiger partial charge in [0.1, 0.15) is 6.04 Å². The molecule has 0 aromatic heterocycles. The third-order valence-corrected chi connectivity index (χ3v) is 4.81. The van der Waals surface area contributed by atoms with E-state index in [1.165, 1.54) is 4.90 Å². The van der Waals surface area contributed by atoms with Gasteiger partial charge in [0.2, 0.25) is 11.8 Å². The first-order chi connectivity index (χ1) is 9.50. The van der Waals surface area contributed by atoms with Crippen molar-refractivity contribution in [2.75, 3.05) is 13.1 Å². The number of hydrogen-bond donors (Lipinski definition) is 2. The molecule has 2 amide bonds. The van der Waals surface area contributed by atoms with E-state index < -0.39 is 23.8 Å². The Labute approximate surface area is 116 Å². The second-order valence-electron chi connectivity index (χ2n) is 5.84. The molecule has 20 heavy (non-hydrogen) atoms. The number of aliphatic carboxylic acids is 1. The van der Waals surface area contributed by atoms with Gasteiger partial charge in [0.05, 0.1) is 11.8 Å². The minimum Gasteiger partial charge on any atom is -0.481 e. The van der Waals surface area contributed by atoms with E-state index in [1.54, 1.807) is 6.92 Å². The number of rotatable bonds is 2. The molecule has 0 aromatic carbocycles. The maximum Gasteiger partial charge on any atom is 0.307 e. The van der Waals surface area contributed by atoms with Gasteiger partial charge in [-0.15, -0.1) is 0 Å². The molecule has 1 saturated carbocycles. The zero-order valence-corrected chi connectivity index (χ0v) is 11.3. The summed E-state index contributed by atoms with van der Waals surface area (Å²) >= 11 is 0. The third-order valence-electron chi connectivity index (χ3n) is 4.81. The zero-order chi connectivity index (χ0) is 14.4. The molecule has 0 radical (unpaired) electrons. The van der Waals surface area contributed by atoms with Gasteiger partial charge in [-0.25, -0.2) is 0 Å². The number of fused-ring (bicyclic) bond motifs is 2. The lowest BCUT2D eigenvalue weighted by Gasteiger charge is -2.37. The van der Waals surface area contributed by atoms with Gasteiger partial charge in [-0.2, -0.15) is 0 Å². The van der Waals surface area contributed by atoms with E-state index in [-0.39, 0.29) is 23.7 Å². The lowest BCUT2D eigenvalue weighted by Crippen LogP contribution is -2.58. The van der Waals surface area contributed by atoms with Gasteiger partial charge in [-0.1, -0.05) is 12.2 Å². The number of nitrogens with zero attached hydrogens (tertiary/aromatic N) is 1. The van der Waals surface area contributed by atoms with E-state index >= 15 is 0 Å². The van der Waals surface area contributed by atoms with Gasteiger partial charge in [0.25, 0.3) is 0 Å². The Balaban J connectivity index is 1.84. The minimum atomic E-state index is -0.908. The molecule has 108 valence electrons. The van der Waals surface area contributed by atoms with Crippen LogP contribution in [0.5, 0.6) is 0 Å². The van der Waals surface area contributed by atoms with Crippen LogP contribution < -0.4 is 5.32 Å². The van der Waals surface area contributed by atoms with E-state index in [9.17, 15) is 19.5 Å². The first-order valence-electron chi connectivity index (χ1n) is 7.00. The number of allylic oxidation sites excluding steroid dienone is 2. The van der Waals surface area contributed by atoms with Gasteiger partial charge in [0, 0.05) is 13.1 Å². The lowest BCUT2D eigenvalue weighted by molar-refractivity contribution is -0.154. The third kappa shape index (κ3) is 1.82. The summed E-state index contributed by atoms with van der Waals surface area (Å²) in [6.45, 7) is 2.57. The van der Waals surface area contributed by atoms with Crippen LogP contribution in [-0.4, -0.2) is 46.9 Å². The standard InChI is InChI=1S/C14H18N2O4/c1-7-12(17)15-4-5-16(7)13(18)10-8-2-3-9(6-8)11(10)14(19)20/h2-3,7-11H,4-6H2,1H3,(H,15,17)(H,19,20). The molecule has 5 unspecified atom stereocenters. The van der Waals surface area contributed by atoms with Crippen LogP contribution in [0.1, 0.15) is 13.3 Å². The number of carbonyl (C=O) groups is 3. The number of carboxylic acids is 1. The van der Waals surface area contributed by atoms with E-state index in [0.29, 0.717) is 13.1 Å². The zero-order valence-electron chi connectivity index (χ0n) is 11.3. The fourth-order valence-electron chi connectivity index (χ4n) is 3.77. The van der Waals surface area contributed by atoms with Crippen LogP contribution in [0.25, 0.3) is 0 Å². The number of carbonyl (C=O) groups excluding carboxylic acids is 2. The molecular weight excluding hydrogens is 260 g/mol. The normalized spacial score (nSPS) is 39.0. The number of amides is 2. The predicted octanol–water partition coefficient (Wildman–Crippen LogP) is -0.144. The van der Waals surface area contributed by atoms with Crippen molar-refractivity contribution in [1.29, 1.82) is 0 Å². The number of piperazine rings is 1. The minimum absolute atomic E-state index is 0.00536. The van der Waals surface area contributed by atoms with Crippen molar-refractivity contribution in [3.63, 3.8) is 0 Å². The molecule has 2 N–H and O–H groups in total. The Kier molecular flexibility index (Phi) is 3.03. The van der Waals surface area contributed by atoms with Crippen LogP contribution >= 0.6 is 0 Å². The topological polar surface area (TPSA) is 86.7 Å². The summed E-state index contributed by atoms with van der Waals surface area (Å²) in [6.07, 6.45) is 4.61. The molecule has 3 aliphatic rings. The Hall–Kier alpha value is -1.85. The summed E-state index contributed by atoms with van der Waals surface area (Å²) < 4.78 is 0. The van der Waals surface area contributed by atoms with Gasteiger partial charge >= 0.3 is 5.97 Å². The summed E-state index contributed by atoms with van der Waals surface area (Å²) in [5.74, 6) is -2.46. The maximum atomic E-state index is 12.7. The SMILES string of the molecule is CC1C(=O)NCCN1C(=O)C1C2C=CC(C2)C1C(=O)O. The molecule has 2 bridgehead atoms. The molecule has 5 atom stereocenters. The molecule has 3 rings (SSSR count). The Morgan fingerprint density at radius 2 is 1.95 bits per heavy atom. The molecule has 6 heteroatoms. The summed E-state index contributed by atoms with van der Waals surface area (Å²) in [7, 11) is 0. The average molecular weight is 278 g/mol. The van der Waals surface area contributed by atoms with E-state index in [0.717, 1.165) is 6.42 Å². The molecule has 2 fully saturated rings. The quantitative estimate of drug-likeness (QED) is 0.688. The summed E-state index contributed by atoms with van der Waals surface area (Å²) in [5, 5.41) is 12.1. The van der Waals surface area contributed by atoms with E-state index in [4.69, 9.17) is 0 Å². The molecule has 6 nitrogen and oxygen atoms in total. The van der Waals surface area contributed by atoms with Crippen molar-refractivity contribution >= 4 is 17.8 Å².